The fraction of sp³-hybridized carbons (Fsp3) is 0. The van der Waals surface area contributed by atoms with E-state index in [0.29, 0.717) is 0 Å². The maximum atomic E-state index is 3.80. The van der Waals surface area contributed by atoms with Crippen molar-refractivity contribution in [3.05, 3.63) is 285 Å². The molecular weight excluding hydrogens is 869 g/mol. The molecule has 0 spiro atoms. The zero-order valence-corrected chi connectivity index (χ0v) is 39.6. The lowest BCUT2D eigenvalue weighted by Gasteiger charge is -2.30. The summed E-state index contributed by atoms with van der Waals surface area (Å²) in [5.74, 6) is 0. The molecule has 0 radical (unpaired) electrons. The Bertz CT molecular complexity index is 4110. The molecule has 0 saturated heterocycles. The summed E-state index contributed by atoms with van der Waals surface area (Å²) in [6.07, 6.45) is 0. The first-order valence-electron chi connectivity index (χ1n) is 24.8. The van der Waals surface area contributed by atoms with Crippen LogP contribution in [0.25, 0.3) is 98.7 Å². The number of nitrogens with one attached hydrogen (secondary N) is 1. The van der Waals surface area contributed by atoms with Crippen LogP contribution in [-0.4, -0.2) is 0 Å². The molecule has 0 aliphatic carbocycles. The minimum absolute atomic E-state index is 1.04. The highest BCUT2D eigenvalue weighted by molar-refractivity contribution is 6.22. The van der Waals surface area contributed by atoms with E-state index in [4.69, 9.17) is 0 Å². The quantitative estimate of drug-likeness (QED) is 0.138. The van der Waals surface area contributed by atoms with Crippen LogP contribution in [0.15, 0.2) is 285 Å². The predicted molar refractivity (Wildman–Crippen MR) is 308 cm³/mol. The Kier molecular flexibility index (Phi) is 10.9. The van der Waals surface area contributed by atoms with E-state index < -0.39 is 0 Å². The van der Waals surface area contributed by atoms with E-state index in [2.05, 4.69) is 295 Å². The second kappa shape index (κ2) is 18.4. The maximum Gasteiger partial charge on any atom is 0.0540 e. The van der Waals surface area contributed by atoms with Gasteiger partial charge in [-0.2, -0.15) is 0 Å². The Balaban J connectivity index is 1.05. The van der Waals surface area contributed by atoms with Crippen LogP contribution in [0.1, 0.15) is 0 Å². The van der Waals surface area contributed by atoms with Gasteiger partial charge in [0.2, 0.25) is 0 Å². The number of benzene rings is 13. The molecule has 0 bridgehead atoms. The molecular formula is C70H48N2. The van der Waals surface area contributed by atoms with Crippen LogP contribution in [0.2, 0.25) is 0 Å². The highest BCUT2D eigenvalue weighted by Gasteiger charge is 2.24. The normalized spacial score (nSPS) is 11.3. The van der Waals surface area contributed by atoms with Crippen molar-refractivity contribution >= 4 is 71.5 Å². The molecule has 0 unspecified atom stereocenters. The van der Waals surface area contributed by atoms with Crippen LogP contribution < -0.4 is 10.2 Å². The van der Waals surface area contributed by atoms with Gasteiger partial charge >= 0.3 is 0 Å². The minimum atomic E-state index is 1.04. The fourth-order valence-electron chi connectivity index (χ4n) is 11.0. The number of nitrogens with zero attached hydrogens (tertiary/aromatic N) is 1. The first kappa shape index (κ1) is 42.6. The maximum absolute atomic E-state index is 3.80. The number of rotatable bonds is 10. The highest BCUT2D eigenvalue weighted by atomic mass is 15.1. The smallest absolute Gasteiger partial charge is 0.0540 e. The summed E-state index contributed by atoms with van der Waals surface area (Å²) in [5, 5.41) is 13.6. The lowest BCUT2D eigenvalue weighted by Crippen LogP contribution is -2.12. The molecule has 13 rings (SSSR count). The van der Waals surface area contributed by atoms with Crippen LogP contribution in [0.3, 0.4) is 0 Å². The molecule has 0 saturated carbocycles. The van der Waals surface area contributed by atoms with Crippen molar-refractivity contribution in [1.29, 1.82) is 0 Å². The Hall–Kier alpha value is -9.50. The summed E-state index contributed by atoms with van der Waals surface area (Å²) in [6, 6.07) is 104. The molecule has 0 aromatic heterocycles. The van der Waals surface area contributed by atoms with Gasteiger partial charge in [0, 0.05) is 33.6 Å². The summed E-state index contributed by atoms with van der Waals surface area (Å²) in [5.41, 5.74) is 17.0. The van der Waals surface area contributed by atoms with E-state index in [-0.39, 0.29) is 0 Å². The molecule has 72 heavy (non-hydrogen) atoms. The third-order valence-corrected chi connectivity index (χ3v) is 14.2. The van der Waals surface area contributed by atoms with Crippen molar-refractivity contribution in [1.82, 2.24) is 0 Å². The Labute approximate surface area is 420 Å². The number of fused-ring (bicyclic) bond motifs is 6. The van der Waals surface area contributed by atoms with Crippen molar-refractivity contribution in [3.8, 4) is 55.6 Å². The van der Waals surface area contributed by atoms with Gasteiger partial charge in [-0.05, 0) is 131 Å². The molecule has 13 aromatic carbocycles. The van der Waals surface area contributed by atoms with Gasteiger partial charge in [0.15, 0.2) is 0 Å². The summed E-state index contributed by atoms with van der Waals surface area (Å²) < 4.78 is 0. The van der Waals surface area contributed by atoms with Crippen molar-refractivity contribution in [3.63, 3.8) is 0 Å². The Morgan fingerprint density at radius 1 is 0.250 bits per heavy atom. The molecule has 0 atom stereocenters. The van der Waals surface area contributed by atoms with Gasteiger partial charge in [0.25, 0.3) is 0 Å². The van der Waals surface area contributed by atoms with Crippen LogP contribution in [0.4, 0.5) is 28.4 Å². The van der Waals surface area contributed by atoms with E-state index >= 15 is 0 Å². The number of hydrogen-bond acceptors (Lipinski definition) is 2. The monoisotopic (exact) mass is 916 g/mol. The lowest BCUT2D eigenvalue weighted by atomic mass is 9.84. The van der Waals surface area contributed by atoms with Crippen molar-refractivity contribution in [2.45, 2.75) is 0 Å². The lowest BCUT2D eigenvalue weighted by molar-refractivity contribution is 1.30. The average Bonchev–Trinajstić information content (AvgIpc) is 3.46. The van der Waals surface area contributed by atoms with Gasteiger partial charge in [0.05, 0.1) is 11.4 Å². The minimum Gasteiger partial charge on any atom is -0.355 e. The number of para-hydroxylation sites is 2. The molecule has 2 heteroatoms. The van der Waals surface area contributed by atoms with Gasteiger partial charge < -0.3 is 10.2 Å². The van der Waals surface area contributed by atoms with Crippen LogP contribution in [-0.2, 0) is 0 Å². The molecule has 13 aromatic rings. The second-order valence-corrected chi connectivity index (χ2v) is 18.4. The van der Waals surface area contributed by atoms with E-state index in [9.17, 15) is 0 Å². The highest BCUT2D eigenvalue weighted by Crippen LogP contribution is 2.50. The third kappa shape index (κ3) is 7.63. The van der Waals surface area contributed by atoms with E-state index in [0.717, 1.165) is 61.8 Å². The molecule has 0 aliphatic rings. The molecule has 2 nitrogen and oxygen atoms in total. The van der Waals surface area contributed by atoms with Crippen molar-refractivity contribution in [2.75, 3.05) is 10.2 Å². The van der Waals surface area contributed by atoms with E-state index in [1.54, 1.807) is 0 Å². The van der Waals surface area contributed by atoms with Crippen molar-refractivity contribution < 1.29 is 0 Å². The average molecular weight is 917 g/mol. The van der Waals surface area contributed by atoms with Crippen LogP contribution in [0, 0.1) is 0 Å². The van der Waals surface area contributed by atoms with Gasteiger partial charge in [-0.3, -0.25) is 0 Å². The molecule has 1 N–H and O–H groups in total. The summed E-state index contributed by atoms with van der Waals surface area (Å²) in [6.45, 7) is 0. The van der Waals surface area contributed by atoms with Gasteiger partial charge in [-0.15, -0.1) is 0 Å². The molecule has 0 amide bonds. The first-order valence-corrected chi connectivity index (χ1v) is 24.8. The largest absolute Gasteiger partial charge is 0.355 e. The topological polar surface area (TPSA) is 15.3 Å². The third-order valence-electron chi connectivity index (χ3n) is 14.2. The van der Waals surface area contributed by atoms with Crippen LogP contribution >= 0.6 is 0 Å². The van der Waals surface area contributed by atoms with Crippen LogP contribution in [0.5, 0.6) is 0 Å². The summed E-state index contributed by atoms with van der Waals surface area (Å²) >= 11 is 0. The Morgan fingerprint density at radius 2 is 0.736 bits per heavy atom. The van der Waals surface area contributed by atoms with Gasteiger partial charge in [-0.25, -0.2) is 0 Å². The molecule has 0 heterocycles. The number of anilines is 5. The zero-order valence-electron chi connectivity index (χ0n) is 39.6. The Morgan fingerprint density at radius 3 is 1.49 bits per heavy atom. The molecule has 0 aliphatic heterocycles. The molecule has 338 valence electrons. The van der Waals surface area contributed by atoms with E-state index in [1.165, 1.54) is 65.3 Å². The fourth-order valence-corrected chi connectivity index (χ4v) is 11.0. The SMILES string of the molecule is c1ccc(Nc2cccc(-c3ccccc3N(c3cccc(-c4ccc5c(c4)c(-c4ccccc4)c(-c4ccccc4)c4ccccc45)c3)c3cccc4c3ccc3ccccc34)c2-c2ccccc2)cc1. The van der Waals surface area contributed by atoms with Crippen molar-refractivity contribution in [2.24, 2.45) is 0 Å². The number of hydrogen-bond donors (Lipinski definition) is 1. The second-order valence-electron chi connectivity index (χ2n) is 18.4. The van der Waals surface area contributed by atoms with Gasteiger partial charge in [-0.1, -0.05) is 237 Å². The standard InChI is InChI=1S/C70H48N2/c1-5-23-49(24-6-1)68-63(38-20-39-65(68)71-54-30-11-4-12-31-54)60-35-17-18-40-66(60)72(67-41-21-37-57-56-33-14-13-22-48(56)42-45-61(57)67)55-32-19-29-52(46-55)53-43-44-59-58-34-15-16-36-62(58)69(50-25-7-2-8-26-50)70(64(59)47-53)51-27-9-3-10-28-51/h1-47,71H. The summed E-state index contributed by atoms with van der Waals surface area (Å²) in [4.78, 5) is 2.49. The van der Waals surface area contributed by atoms with E-state index in [1.807, 2.05) is 0 Å². The zero-order chi connectivity index (χ0) is 47.8. The van der Waals surface area contributed by atoms with Gasteiger partial charge in [0.1, 0.15) is 0 Å². The predicted octanol–water partition coefficient (Wildman–Crippen LogP) is 19.8. The molecule has 0 fully saturated rings. The first-order chi connectivity index (χ1) is 35.7. The summed E-state index contributed by atoms with van der Waals surface area (Å²) in [7, 11) is 0.